The lowest BCUT2D eigenvalue weighted by atomic mass is 9.33. The van der Waals surface area contributed by atoms with Crippen LogP contribution in [0.4, 0.5) is 0 Å². The van der Waals surface area contributed by atoms with Crippen LogP contribution in [0, 0.1) is 50.2 Å². The predicted molar refractivity (Wildman–Crippen MR) is 198 cm³/mol. The molecule has 0 amide bonds. The number of fused-ring (bicyclic) bond motifs is 7. The molecule has 56 heavy (non-hydrogen) atoms. The van der Waals surface area contributed by atoms with E-state index in [2.05, 4.69) is 41.5 Å². The lowest BCUT2D eigenvalue weighted by Gasteiger charge is -2.70. The number of allylic oxidation sites excluding steroid dienone is 2. The molecule has 0 spiro atoms. The highest BCUT2D eigenvalue weighted by molar-refractivity contribution is 5.95. The van der Waals surface area contributed by atoms with E-state index in [1.54, 1.807) is 0 Å². The largest absolute Gasteiger partial charge is 0.481 e. The molecule has 2 aliphatic heterocycles. The first-order chi connectivity index (χ1) is 26.0. The molecule has 5 aliphatic carbocycles. The van der Waals surface area contributed by atoms with E-state index in [9.17, 15) is 50.4 Å². The molecule has 14 nitrogen and oxygen atoms in total. The Kier molecular flexibility index (Phi) is 10.9. The molecule has 4 saturated carbocycles. The third-order valence-corrected chi connectivity index (χ3v) is 17.3. The van der Waals surface area contributed by atoms with Crippen LogP contribution in [0.3, 0.4) is 0 Å². The minimum atomic E-state index is -1.78. The number of hydrogen-bond donors (Lipinski definition) is 8. The van der Waals surface area contributed by atoms with Crippen LogP contribution < -0.4 is 0 Å². The van der Waals surface area contributed by atoms with Crippen molar-refractivity contribution in [1.29, 1.82) is 0 Å². The van der Waals surface area contributed by atoms with Gasteiger partial charge in [0, 0.05) is 5.92 Å². The van der Waals surface area contributed by atoms with E-state index in [4.69, 9.17) is 18.9 Å². The molecule has 0 aromatic heterocycles. The maximum atomic E-state index is 14.8. The minimum Gasteiger partial charge on any atom is -0.481 e. The molecule has 0 radical (unpaired) electrons. The molecule has 7 rings (SSSR count). The smallest absolute Gasteiger partial charge is 0.309 e. The summed E-state index contributed by atoms with van der Waals surface area (Å²) in [5.41, 5.74) is -1.32. The lowest BCUT2D eigenvalue weighted by Crippen LogP contribution is -2.68. The first-order valence-electron chi connectivity index (χ1n) is 20.8. The van der Waals surface area contributed by atoms with Gasteiger partial charge in [-0.25, -0.2) is 0 Å². The summed E-state index contributed by atoms with van der Waals surface area (Å²) in [4.78, 5) is 27.3. The van der Waals surface area contributed by atoms with Gasteiger partial charge >= 0.3 is 5.97 Å². The van der Waals surface area contributed by atoms with Gasteiger partial charge in [-0.2, -0.15) is 0 Å². The summed E-state index contributed by atoms with van der Waals surface area (Å²) in [6, 6.07) is 0. The molecular weight excluding hydrogens is 728 g/mol. The molecule has 7 aliphatic rings. The highest BCUT2D eigenvalue weighted by Crippen LogP contribution is 2.75. The van der Waals surface area contributed by atoms with Crippen molar-refractivity contribution in [2.45, 2.75) is 174 Å². The van der Waals surface area contributed by atoms with Crippen molar-refractivity contribution in [2.24, 2.45) is 50.2 Å². The molecule has 0 aromatic rings. The van der Waals surface area contributed by atoms with E-state index in [1.807, 2.05) is 13.0 Å². The number of carboxylic acid groups (broad SMARTS) is 1. The minimum absolute atomic E-state index is 0.0192. The van der Waals surface area contributed by atoms with Crippen LogP contribution in [0.15, 0.2) is 11.6 Å². The Hall–Kier alpha value is -1.56. The summed E-state index contributed by atoms with van der Waals surface area (Å²) in [7, 11) is 0. The van der Waals surface area contributed by atoms with Crippen molar-refractivity contribution in [3.8, 4) is 0 Å². The number of carbonyl (C=O) groups is 2. The molecule has 2 heterocycles. The van der Waals surface area contributed by atoms with Crippen LogP contribution in [-0.4, -0.2) is 133 Å². The van der Waals surface area contributed by atoms with Gasteiger partial charge in [0.2, 0.25) is 0 Å². The number of aliphatic carboxylic acids is 1. The molecule has 2 saturated heterocycles. The fourth-order valence-corrected chi connectivity index (χ4v) is 13.4. The third kappa shape index (κ3) is 6.13. The van der Waals surface area contributed by atoms with E-state index >= 15 is 0 Å². The van der Waals surface area contributed by atoms with Crippen molar-refractivity contribution < 1.29 is 69.4 Å². The number of aliphatic hydroxyl groups is 7. The van der Waals surface area contributed by atoms with Gasteiger partial charge in [-0.15, -0.1) is 0 Å². The molecule has 0 bridgehead atoms. The van der Waals surface area contributed by atoms with E-state index < -0.39 is 103 Å². The van der Waals surface area contributed by atoms with Crippen molar-refractivity contribution in [3.63, 3.8) is 0 Å². The maximum Gasteiger partial charge on any atom is 0.309 e. The summed E-state index contributed by atoms with van der Waals surface area (Å²) in [5.74, 6) is -0.873. The standard InChI is InChI=1S/C42H66O14/c1-37(2)25-8-11-42(7)33(22(45)16-20-21-17-39(4,36(51)52)13-12-38(21,3)14-15-41(20,42)6)40(25,5)10-9-26(37)55-35-32(30(49)28(47)24(19-44)54-35)56-34-31(50)29(48)27(46)23(18-43)53-34/h16,21,23-35,43-44,46-50H,8-15,17-19H2,1-7H3,(H,51,52)/t21-,23+,24+,25-,26-,27+,28-,29-,30-,31+,32+,33+,34-,35+,38+,39-,40-,41+,42+/m0/s1. The van der Waals surface area contributed by atoms with Gasteiger partial charge in [-0.3, -0.25) is 9.59 Å². The topological polar surface area (TPSA) is 233 Å². The average Bonchev–Trinajstić information content (AvgIpc) is 3.13. The van der Waals surface area contributed by atoms with Crippen LogP contribution in [0.25, 0.3) is 0 Å². The summed E-state index contributed by atoms with van der Waals surface area (Å²) in [6.45, 7) is 13.9. The lowest BCUT2D eigenvalue weighted by molar-refractivity contribution is -0.378. The van der Waals surface area contributed by atoms with Crippen LogP contribution in [0.5, 0.6) is 0 Å². The Balaban J connectivity index is 1.16. The highest BCUT2D eigenvalue weighted by Gasteiger charge is 2.70. The summed E-state index contributed by atoms with van der Waals surface area (Å²) < 4.78 is 24.3. The summed E-state index contributed by atoms with van der Waals surface area (Å²) in [6.07, 6.45) is -7.28. The SMILES string of the molecule is CC1(C)[C@@H](O[C@H]2O[C@H](CO)[C@H](O)[C@H](O)[C@H]2O[C@@H]2O[C@H](CO)[C@@H](O)[C@H](O)[C@H]2O)CC[C@]2(C)[C@H]3C(=O)C=C4[C@@H]5C[C@@](C)(C(=O)O)CC[C@]5(C)CC[C@@]4(C)[C@]3(C)CC[C@@H]12. The number of ether oxygens (including phenoxy) is 4. The first-order valence-corrected chi connectivity index (χ1v) is 20.8. The molecule has 8 N–H and O–H groups in total. The molecular formula is C42H66O14. The third-order valence-electron chi connectivity index (χ3n) is 17.3. The second kappa shape index (κ2) is 14.3. The van der Waals surface area contributed by atoms with Crippen LogP contribution in [0.1, 0.15) is 106 Å². The van der Waals surface area contributed by atoms with Gasteiger partial charge in [0.15, 0.2) is 18.4 Å². The number of aliphatic hydroxyl groups excluding tert-OH is 7. The second-order valence-corrected chi connectivity index (χ2v) is 20.5. The molecule has 6 fully saturated rings. The molecule has 0 unspecified atom stereocenters. The quantitative estimate of drug-likeness (QED) is 0.173. The summed E-state index contributed by atoms with van der Waals surface area (Å²) in [5, 5.41) is 83.6. The number of carboxylic acids is 1. The highest BCUT2D eigenvalue weighted by atomic mass is 16.8. The Morgan fingerprint density at radius 2 is 1.36 bits per heavy atom. The molecule has 19 atom stereocenters. The Morgan fingerprint density at radius 3 is 1.98 bits per heavy atom. The fourth-order valence-electron chi connectivity index (χ4n) is 13.4. The predicted octanol–water partition coefficient (Wildman–Crippen LogP) is 2.06. The first kappa shape index (κ1) is 42.6. The average molecular weight is 795 g/mol. The van der Waals surface area contributed by atoms with Crippen LogP contribution in [-0.2, 0) is 28.5 Å². The Morgan fingerprint density at radius 1 is 0.750 bits per heavy atom. The van der Waals surface area contributed by atoms with Crippen molar-refractivity contribution in [2.75, 3.05) is 13.2 Å². The van der Waals surface area contributed by atoms with Crippen LogP contribution in [0.2, 0.25) is 0 Å². The zero-order valence-corrected chi connectivity index (χ0v) is 34.0. The maximum absolute atomic E-state index is 14.8. The van der Waals surface area contributed by atoms with E-state index in [0.29, 0.717) is 25.7 Å². The molecule has 318 valence electrons. The second-order valence-electron chi connectivity index (χ2n) is 20.5. The van der Waals surface area contributed by atoms with Gasteiger partial charge in [-0.05, 0) is 110 Å². The summed E-state index contributed by atoms with van der Waals surface area (Å²) >= 11 is 0. The van der Waals surface area contributed by atoms with Gasteiger partial charge < -0.3 is 59.8 Å². The normalized spacial score (nSPS) is 54.2. The van der Waals surface area contributed by atoms with Crippen molar-refractivity contribution in [1.82, 2.24) is 0 Å². The number of rotatable bonds is 7. The van der Waals surface area contributed by atoms with E-state index in [1.165, 1.54) is 0 Å². The van der Waals surface area contributed by atoms with Gasteiger partial charge in [0.05, 0.1) is 24.7 Å². The molecule has 0 aromatic carbocycles. The van der Waals surface area contributed by atoms with Gasteiger partial charge in [0.1, 0.15) is 48.8 Å². The zero-order chi connectivity index (χ0) is 41.1. The number of ketones is 1. The zero-order valence-electron chi connectivity index (χ0n) is 34.0. The molecule has 14 heteroatoms. The number of hydrogen-bond acceptors (Lipinski definition) is 13. The Bertz CT molecular complexity index is 1570. The fraction of sp³-hybridized carbons (Fsp3) is 0.905. The van der Waals surface area contributed by atoms with Gasteiger partial charge in [-0.1, -0.05) is 47.1 Å². The van der Waals surface area contributed by atoms with Crippen molar-refractivity contribution >= 4 is 11.8 Å². The van der Waals surface area contributed by atoms with Crippen molar-refractivity contribution in [3.05, 3.63) is 11.6 Å². The van der Waals surface area contributed by atoms with E-state index in [-0.39, 0.29) is 39.8 Å². The van der Waals surface area contributed by atoms with Gasteiger partial charge in [0.25, 0.3) is 0 Å². The Labute approximate surface area is 329 Å². The monoisotopic (exact) mass is 794 g/mol. The van der Waals surface area contributed by atoms with Crippen LogP contribution >= 0.6 is 0 Å². The number of carbonyl (C=O) groups excluding carboxylic acids is 1. The van der Waals surface area contributed by atoms with E-state index in [0.717, 1.165) is 37.7 Å².